The molecule has 13 heavy (non-hydrogen) atoms. The van der Waals surface area contributed by atoms with Gasteiger partial charge in [-0.1, -0.05) is 4.48 Å². The van der Waals surface area contributed by atoms with Gasteiger partial charge in [0.25, 0.3) is 0 Å². The van der Waals surface area contributed by atoms with Crippen molar-refractivity contribution in [2.45, 2.75) is 0 Å². The average molecular weight is 180 g/mol. The fourth-order valence-electron chi connectivity index (χ4n) is 1.14. The Morgan fingerprint density at radius 3 is 2.38 bits per heavy atom. The number of hydrogen-bond donors (Lipinski definition) is 1. The third kappa shape index (κ3) is 1.30. The van der Waals surface area contributed by atoms with Gasteiger partial charge in [-0.2, -0.15) is 0 Å². The second kappa shape index (κ2) is 2.97. The van der Waals surface area contributed by atoms with Gasteiger partial charge in [0.1, 0.15) is 11.4 Å². The van der Waals surface area contributed by atoms with Crippen LogP contribution in [-0.2, 0) is 0 Å². The Labute approximate surface area is 74.7 Å². The maximum absolute atomic E-state index is 12.7. The van der Waals surface area contributed by atoms with Gasteiger partial charge in [0.05, 0.1) is 7.11 Å². The van der Waals surface area contributed by atoms with Gasteiger partial charge >= 0.3 is 0 Å². The molecular weight excluding hydrogens is 171 g/mol. The molecule has 0 aliphatic carbocycles. The number of rotatable bonds is 2. The molecule has 4 heteroatoms. The van der Waals surface area contributed by atoms with Crippen LogP contribution in [0.2, 0.25) is 0 Å². The predicted molar refractivity (Wildman–Crippen MR) is 47.3 cm³/mol. The van der Waals surface area contributed by atoms with Crippen molar-refractivity contribution in [2.75, 3.05) is 7.11 Å². The lowest BCUT2D eigenvalue weighted by Crippen LogP contribution is -2.01. The number of halogens is 1. The Kier molecular flexibility index (Phi) is 1.81. The summed E-state index contributed by atoms with van der Waals surface area (Å²) >= 11 is 0. The van der Waals surface area contributed by atoms with E-state index in [9.17, 15) is 4.48 Å². The molecule has 0 unspecified atom stereocenters. The Morgan fingerprint density at radius 1 is 1.31 bits per heavy atom. The van der Waals surface area contributed by atoms with Crippen LogP contribution in [0.3, 0.4) is 0 Å². The highest BCUT2D eigenvalue weighted by molar-refractivity contribution is 5.59. The first kappa shape index (κ1) is 7.91. The number of aromatic amines is 1. The zero-order valence-corrected chi connectivity index (χ0v) is 7.12. The molecule has 0 saturated carbocycles. The Hall–Kier alpha value is -1.71. The molecule has 0 bridgehead atoms. The van der Waals surface area contributed by atoms with Crippen LogP contribution in [0.4, 0.5) is 4.48 Å². The fourth-order valence-corrected chi connectivity index (χ4v) is 1.14. The highest BCUT2D eigenvalue weighted by Gasteiger charge is 2.05. The van der Waals surface area contributed by atoms with E-state index < -0.39 is 0 Å². The van der Waals surface area contributed by atoms with Crippen molar-refractivity contribution < 1.29 is 9.22 Å². The summed E-state index contributed by atoms with van der Waals surface area (Å²) in [4.78, 5) is 0.474. The van der Waals surface area contributed by atoms with E-state index >= 15 is 0 Å². The molecule has 0 spiro atoms. The quantitative estimate of drug-likeness (QED) is 0.754. The third-order valence-corrected chi connectivity index (χ3v) is 1.91. The van der Waals surface area contributed by atoms with Crippen LogP contribution in [0.15, 0.2) is 30.5 Å². The van der Waals surface area contributed by atoms with Crippen LogP contribution in [0, 0.1) is 0 Å². The van der Waals surface area contributed by atoms with E-state index in [1.165, 1.54) is 0 Å². The van der Waals surface area contributed by atoms with Crippen molar-refractivity contribution in [1.82, 2.24) is 10.0 Å². The number of ether oxygens (including phenoxy) is 1. The molecule has 0 atom stereocenters. The van der Waals surface area contributed by atoms with Crippen molar-refractivity contribution in [2.24, 2.45) is 0 Å². The summed E-state index contributed by atoms with van der Waals surface area (Å²) < 4.78 is 17.7. The fraction of sp³-hybridized carbons (Fsp3) is 0.111. The monoisotopic (exact) mass is 180 g/mol. The van der Waals surface area contributed by atoms with Gasteiger partial charge in [-0.3, -0.25) is 5.10 Å². The SMILES string of the molecule is COc1ccc(-c2c[nH]n2F)cc1. The van der Waals surface area contributed by atoms with Gasteiger partial charge in [-0.05, 0) is 24.3 Å². The van der Waals surface area contributed by atoms with Crippen LogP contribution in [-0.4, -0.2) is 17.1 Å². The number of benzene rings is 1. The van der Waals surface area contributed by atoms with Gasteiger partial charge < -0.3 is 4.74 Å². The van der Waals surface area contributed by atoms with E-state index in [4.69, 9.17) is 4.74 Å². The van der Waals surface area contributed by atoms with Crippen molar-refractivity contribution >= 4 is 0 Å². The molecule has 68 valence electrons. The lowest BCUT2D eigenvalue weighted by atomic mass is 10.1. The number of nitrogens with zero attached hydrogens (tertiary/aromatic N) is 1. The minimum atomic E-state index is 0.474. The molecule has 0 amide bonds. The maximum atomic E-state index is 12.7. The molecule has 0 radical (unpaired) electrons. The van der Waals surface area contributed by atoms with Gasteiger partial charge in [-0.25, -0.2) is 0 Å². The lowest BCUT2D eigenvalue weighted by molar-refractivity contribution is 0.297. The summed E-state index contributed by atoms with van der Waals surface area (Å²) in [5.41, 5.74) is 1.35. The highest BCUT2D eigenvalue weighted by Crippen LogP contribution is 2.22. The second-order valence-electron chi connectivity index (χ2n) is 2.67. The van der Waals surface area contributed by atoms with E-state index in [-0.39, 0.29) is 0 Å². The van der Waals surface area contributed by atoms with Crippen molar-refractivity contribution in [3.8, 4) is 17.0 Å². The topological polar surface area (TPSA) is 29.9 Å². The molecule has 0 aliphatic rings. The summed E-state index contributed by atoms with van der Waals surface area (Å²) in [5.74, 6) is 0.766. The van der Waals surface area contributed by atoms with E-state index in [0.717, 1.165) is 11.3 Å². The number of methoxy groups -OCH3 is 1. The first-order valence-electron chi connectivity index (χ1n) is 3.88. The maximum Gasteiger partial charge on any atom is 0.118 e. The summed E-state index contributed by atoms with van der Waals surface area (Å²) in [7, 11) is 1.60. The van der Waals surface area contributed by atoms with Crippen LogP contribution in [0.25, 0.3) is 11.3 Å². The first-order chi connectivity index (χ1) is 6.31. The van der Waals surface area contributed by atoms with Gasteiger partial charge in [0.15, 0.2) is 0 Å². The van der Waals surface area contributed by atoms with Crippen LogP contribution >= 0.6 is 0 Å². The molecule has 0 fully saturated rings. The van der Waals surface area contributed by atoms with Crippen molar-refractivity contribution in [3.63, 3.8) is 0 Å². The number of aromatic nitrogens is 2. The number of nitrogens with one attached hydrogen (secondary N) is 1. The highest BCUT2D eigenvalue weighted by atomic mass is 19.2. The second-order valence-corrected chi connectivity index (χ2v) is 2.67. The smallest absolute Gasteiger partial charge is 0.118 e. The Bertz CT molecular complexity index is 388. The van der Waals surface area contributed by atoms with E-state index in [0.29, 0.717) is 10.6 Å². The number of hydrogen-bond acceptors (Lipinski definition) is 1. The lowest BCUT2D eigenvalue weighted by Gasteiger charge is -2.08. The molecule has 3 nitrogen and oxygen atoms in total. The van der Waals surface area contributed by atoms with Crippen molar-refractivity contribution in [3.05, 3.63) is 30.5 Å². The Balaban J connectivity index is 2.31. The minimum absolute atomic E-state index is 0.474. The molecular formula is C9H9FN2O. The summed E-state index contributed by atoms with van der Waals surface area (Å²) in [6.45, 7) is 0. The van der Waals surface area contributed by atoms with Gasteiger partial charge in [0.2, 0.25) is 0 Å². The minimum Gasteiger partial charge on any atom is -0.497 e. The molecule has 2 aromatic rings. The van der Waals surface area contributed by atoms with E-state index in [1.54, 1.807) is 37.6 Å². The molecule has 1 N–H and O–H groups in total. The Morgan fingerprint density at radius 2 is 2.00 bits per heavy atom. The van der Waals surface area contributed by atoms with E-state index in [2.05, 4.69) is 5.10 Å². The van der Waals surface area contributed by atoms with Gasteiger partial charge in [-0.15, -0.1) is 4.90 Å². The zero-order chi connectivity index (χ0) is 9.26. The largest absolute Gasteiger partial charge is 0.497 e. The molecule has 2 rings (SSSR count). The normalized spacial score (nSPS) is 10.3. The van der Waals surface area contributed by atoms with Gasteiger partial charge in [0, 0.05) is 11.8 Å². The molecule has 1 heterocycles. The van der Waals surface area contributed by atoms with Crippen LogP contribution in [0.1, 0.15) is 0 Å². The van der Waals surface area contributed by atoms with Crippen LogP contribution < -0.4 is 4.74 Å². The van der Waals surface area contributed by atoms with Crippen LogP contribution in [0.5, 0.6) is 5.75 Å². The average Bonchev–Trinajstić information content (AvgIpc) is 2.17. The van der Waals surface area contributed by atoms with Crippen molar-refractivity contribution in [1.29, 1.82) is 0 Å². The first-order valence-corrected chi connectivity index (χ1v) is 3.88. The third-order valence-electron chi connectivity index (χ3n) is 1.91. The standard InChI is InChI=1S/C9H9FN2O/c1-13-8-4-2-7(3-5-8)9-6-11-12(9)10/h2-6,11H,1H3. The molecule has 0 aliphatic heterocycles. The summed E-state index contributed by atoms with van der Waals surface area (Å²) in [6, 6.07) is 7.20. The summed E-state index contributed by atoms with van der Waals surface area (Å²) in [6.07, 6.45) is 1.60. The molecule has 0 saturated heterocycles. The predicted octanol–water partition coefficient (Wildman–Crippen LogP) is 2.22. The molecule has 1 aromatic heterocycles. The van der Waals surface area contributed by atoms with E-state index in [1.807, 2.05) is 0 Å². The zero-order valence-electron chi connectivity index (χ0n) is 7.12. The number of H-pyrrole nitrogens is 1. The summed E-state index contributed by atoms with van der Waals surface area (Å²) in [5, 5.41) is 2.36. The molecule has 1 aromatic carbocycles.